The van der Waals surface area contributed by atoms with Crippen molar-refractivity contribution in [3.8, 4) is 11.8 Å². The van der Waals surface area contributed by atoms with Crippen molar-refractivity contribution < 1.29 is 28.3 Å². The molecule has 0 saturated carbocycles. The summed E-state index contributed by atoms with van der Waals surface area (Å²) in [4.78, 5) is 50.2. The molecule has 1 aliphatic rings. The van der Waals surface area contributed by atoms with Gasteiger partial charge in [-0.15, -0.1) is 0 Å². The van der Waals surface area contributed by atoms with Crippen LogP contribution in [0.4, 0.5) is 0 Å². The van der Waals surface area contributed by atoms with Gasteiger partial charge in [0.2, 0.25) is 0 Å². The molecule has 1 aromatic heterocycles. The fourth-order valence-corrected chi connectivity index (χ4v) is 3.45. The van der Waals surface area contributed by atoms with Crippen molar-refractivity contribution in [3.63, 3.8) is 0 Å². The molecule has 0 bridgehead atoms. The smallest absolute Gasteiger partial charge is 0.312 e. The Balaban J connectivity index is 1.30. The molecule has 9 nitrogen and oxygen atoms in total. The van der Waals surface area contributed by atoms with Crippen molar-refractivity contribution in [2.75, 3.05) is 6.54 Å². The van der Waals surface area contributed by atoms with Gasteiger partial charge in [-0.3, -0.25) is 24.1 Å². The second kappa shape index (κ2) is 10.3. The van der Waals surface area contributed by atoms with Gasteiger partial charge in [-0.2, -0.15) is 5.26 Å². The second-order valence-corrected chi connectivity index (χ2v) is 7.53. The van der Waals surface area contributed by atoms with Crippen LogP contribution in [-0.4, -0.2) is 35.1 Å². The number of imide groups is 1. The molecule has 0 unspecified atom stereocenters. The number of furan rings is 1. The maximum absolute atomic E-state index is 12.4. The molecule has 0 atom stereocenters. The number of amides is 3. The van der Waals surface area contributed by atoms with Gasteiger partial charge in [0.25, 0.3) is 17.7 Å². The molecule has 0 spiro atoms. The molecule has 1 aliphatic heterocycles. The minimum atomic E-state index is -0.611. The minimum Gasteiger partial charge on any atom is -0.467 e. The van der Waals surface area contributed by atoms with Crippen LogP contribution in [0.25, 0.3) is 6.08 Å². The molecule has 1 N–H and O–H groups in total. The highest BCUT2D eigenvalue weighted by Gasteiger charge is 2.35. The molecule has 2 heterocycles. The lowest BCUT2D eigenvalue weighted by Crippen LogP contribution is -2.32. The van der Waals surface area contributed by atoms with Crippen molar-refractivity contribution in [2.24, 2.45) is 0 Å². The average Bonchev–Trinajstić information content (AvgIpc) is 3.48. The van der Waals surface area contributed by atoms with Crippen molar-refractivity contribution in [2.45, 2.75) is 13.0 Å². The van der Waals surface area contributed by atoms with Crippen LogP contribution in [0.5, 0.6) is 5.75 Å². The maximum Gasteiger partial charge on any atom is 0.312 e. The Hall–Kier alpha value is -4.97. The number of carbonyl (C=O) groups excluding carboxylic acids is 4. The van der Waals surface area contributed by atoms with Crippen LogP contribution in [0.2, 0.25) is 0 Å². The highest BCUT2D eigenvalue weighted by Crippen LogP contribution is 2.23. The number of fused-ring (bicyclic) bond motifs is 1. The summed E-state index contributed by atoms with van der Waals surface area (Å²) in [6.45, 7) is 0.0606. The zero-order valence-electron chi connectivity index (χ0n) is 18.4. The summed E-state index contributed by atoms with van der Waals surface area (Å²) in [6.07, 6.45) is 2.73. The number of nitrogens with one attached hydrogen (secondary N) is 1. The first-order valence-corrected chi connectivity index (χ1v) is 10.6. The predicted octanol–water partition coefficient (Wildman–Crippen LogP) is 3.09. The molecular formula is C26H19N3O6. The maximum atomic E-state index is 12.4. The fraction of sp³-hybridized carbons (Fsp3) is 0.115. The third kappa shape index (κ3) is 5.34. The van der Waals surface area contributed by atoms with Crippen LogP contribution in [0, 0.1) is 11.3 Å². The van der Waals surface area contributed by atoms with Crippen LogP contribution in [-0.2, 0) is 16.1 Å². The van der Waals surface area contributed by atoms with Crippen LogP contribution < -0.4 is 10.1 Å². The standard InChI is InChI=1S/C26H19N3O6/c27-15-18(24(31)28-16-20-4-3-13-34-20)14-17-7-9-19(10-8-17)35-23(30)11-12-29-25(32)21-5-1-2-6-22(21)26(29)33/h1-10,13-14H,11-12,16H2,(H,28,31)/b18-14+. The predicted molar refractivity (Wildman–Crippen MR) is 123 cm³/mol. The Morgan fingerprint density at radius 1 is 1.00 bits per heavy atom. The van der Waals surface area contributed by atoms with E-state index in [2.05, 4.69) is 5.32 Å². The Morgan fingerprint density at radius 2 is 1.69 bits per heavy atom. The van der Waals surface area contributed by atoms with E-state index in [1.807, 2.05) is 6.07 Å². The Morgan fingerprint density at radius 3 is 2.29 bits per heavy atom. The largest absolute Gasteiger partial charge is 0.467 e. The minimum absolute atomic E-state index is 0.0926. The summed E-state index contributed by atoms with van der Waals surface area (Å²) in [6, 6.07) is 18.0. The van der Waals surface area contributed by atoms with Crippen LogP contribution >= 0.6 is 0 Å². The number of carbonyl (C=O) groups is 4. The molecule has 3 aromatic rings. The lowest BCUT2D eigenvalue weighted by atomic mass is 10.1. The summed E-state index contributed by atoms with van der Waals surface area (Å²) in [5.41, 5.74) is 1.10. The van der Waals surface area contributed by atoms with Gasteiger partial charge in [-0.05, 0) is 48.0 Å². The van der Waals surface area contributed by atoms with Gasteiger partial charge in [0.1, 0.15) is 23.2 Å². The van der Waals surface area contributed by atoms with Gasteiger partial charge in [0.15, 0.2) is 0 Å². The number of nitriles is 1. The van der Waals surface area contributed by atoms with Gasteiger partial charge in [-0.25, -0.2) is 0 Å². The SMILES string of the molecule is N#C/C(=C\c1ccc(OC(=O)CCN2C(=O)c3ccccc3C2=O)cc1)C(=O)NCc1ccco1. The number of esters is 1. The number of benzene rings is 2. The molecule has 174 valence electrons. The van der Waals surface area contributed by atoms with Crippen molar-refractivity contribution in [1.29, 1.82) is 5.26 Å². The van der Waals surface area contributed by atoms with Crippen LogP contribution in [0.3, 0.4) is 0 Å². The van der Waals surface area contributed by atoms with Crippen molar-refractivity contribution >= 4 is 29.8 Å². The monoisotopic (exact) mass is 469 g/mol. The van der Waals surface area contributed by atoms with Crippen molar-refractivity contribution in [3.05, 3.63) is 95.0 Å². The Bertz CT molecular complexity index is 1320. The summed E-state index contributed by atoms with van der Waals surface area (Å²) < 4.78 is 10.4. The van der Waals surface area contributed by atoms with E-state index in [9.17, 15) is 24.4 Å². The number of nitrogens with zero attached hydrogens (tertiary/aromatic N) is 2. The van der Waals surface area contributed by atoms with Crippen LogP contribution in [0.15, 0.2) is 76.9 Å². The van der Waals surface area contributed by atoms with Gasteiger partial charge in [0, 0.05) is 6.54 Å². The first-order chi connectivity index (χ1) is 17.0. The average molecular weight is 469 g/mol. The number of hydrogen-bond acceptors (Lipinski definition) is 7. The van der Waals surface area contributed by atoms with Crippen LogP contribution in [0.1, 0.15) is 38.5 Å². The number of hydrogen-bond donors (Lipinski definition) is 1. The zero-order valence-corrected chi connectivity index (χ0v) is 18.4. The molecule has 0 radical (unpaired) electrons. The summed E-state index contributed by atoms with van der Waals surface area (Å²) in [5.74, 6) is -1.22. The molecule has 9 heteroatoms. The topological polar surface area (TPSA) is 130 Å². The molecule has 4 rings (SSSR count). The molecule has 3 amide bonds. The van der Waals surface area contributed by atoms with Gasteiger partial charge >= 0.3 is 5.97 Å². The Kier molecular flexibility index (Phi) is 6.83. The zero-order chi connectivity index (χ0) is 24.8. The fourth-order valence-electron chi connectivity index (χ4n) is 3.45. The molecule has 35 heavy (non-hydrogen) atoms. The molecular weight excluding hydrogens is 450 g/mol. The lowest BCUT2D eigenvalue weighted by Gasteiger charge is -2.13. The third-order valence-electron chi connectivity index (χ3n) is 5.21. The molecule has 0 saturated heterocycles. The van der Waals surface area contributed by atoms with E-state index in [0.29, 0.717) is 22.5 Å². The van der Waals surface area contributed by atoms with Gasteiger partial charge < -0.3 is 14.5 Å². The van der Waals surface area contributed by atoms with Crippen molar-refractivity contribution in [1.82, 2.24) is 10.2 Å². The van der Waals surface area contributed by atoms with E-state index < -0.39 is 23.7 Å². The van der Waals surface area contributed by atoms with E-state index in [4.69, 9.17) is 9.15 Å². The van der Waals surface area contributed by atoms with E-state index in [0.717, 1.165) is 4.90 Å². The van der Waals surface area contributed by atoms with E-state index in [-0.39, 0.29) is 30.8 Å². The number of ether oxygens (including phenoxy) is 1. The molecule has 2 aromatic carbocycles. The summed E-state index contributed by atoms with van der Waals surface area (Å²) in [7, 11) is 0. The van der Waals surface area contributed by atoms with E-state index >= 15 is 0 Å². The normalized spacial score (nSPS) is 12.8. The summed E-state index contributed by atoms with van der Waals surface area (Å²) >= 11 is 0. The van der Waals surface area contributed by atoms with E-state index in [1.54, 1.807) is 48.5 Å². The molecule has 0 aliphatic carbocycles. The third-order valence-corrected chi connectivity index (χ3v) is 5.21. The first kappa shape index (κ1) is 23.2. The summed E-state index contributed by atoms with van der Waals surface area (Å²) in [5, 5.41) is 11.9. The first-order valence-electron chi connectivity index (χ1n) is 10.6. The highest BCUT2D eigenvalue weighted by atomic mass is 16.5. The molecule has 0 fully saturated rings. The Labute approximate surface area is 200 Å². The second-order valence-electron chi connectivity index (χ2n) is 7.53. The lowest BCUT2D eigenvalue weighted by molar-refractivity contribution is -0.134. The van der Waals surface area contributed by atoms with Gasteiger partial charge in [0.05, 0.1) is 30.4 Å². The quantitative estimate of drug-likeness (QED) is 0.176. The number of rotatable bonds is 8. The van der Waals surface area contributed by atoms with E-state index in [1.165, 1.54) is 24.5 Å². The highest BCUT2D eigenvalue weighted by molar-refractivity contribution is 6.21. The van der Waals surface area contributed by atoms with Gasteiger partial charge in [-0.1, -0.05) is 24.3 Å².